The van der Waals surface area contributed by atoms with Crippen molar-refractivity contribution in [2.24, 2.45) is 5.92 Å². The van der Waals surface area contributed by atoms with Gasteiger partial charge in [-0.25, -0.2) is 0 Å². The molecular formula is C13H18N2O2. The van der Waals surface area contributed by atoms with Gasteiger partial charge in [-0.05, 0) is 24.5 Å². The van der Waals surface area contributed by atoms with Crippen molar-refractivity contribution in [2.75, 3.05) is 0 Å². The van der Waals surface area contributed by atoms with E-state index in [2.05, 4.69) is 24.7 Å². The second-order valence-corrected chi connectivity index (χ2v) is 4.30. The van der Waals surface area contributed by atoms with Gasteiger partial charge in [0.1, 0.15) is 0 Å². The van der Waals surface area contributed by atoms with E-state index in [1.54, 1.807) is 24.3 Å². The standard InChI is InChI=1S/C13H18N2O2/c1-10(2)8-9-12(16)14-15-13(17)11-6-4-3-5-7-11/h3-7,10H,8-9H2,1-2H3,(H,14,16)(H,15,17). The molecule has 0 atom stereocenters. The molecule has 0 aliphatic rings. The van der Waals surface area contributed by atoms with Crippen LogP contribution in [0.15, 0.2) is 30.3 Å². The van der Waals surface area contributed by atoms with Crippen LogP contribution >= 0.6 is 0 Å². The highest BCUT2D eigenvalue weighted by Crippen LogP contribution is 2.02. The van der Waals surface area contributed by atoms with Crippen molar-refractivity contribution in [2.45, 2.75) is 26.7 Å². The summed E-state index contributed by atoms with van der Waals surface area (Å²) in [6, 6.07) is 8.76. The lowest BCUT2D eigenvalue weighted by Crippen LogP contribution is -2.41. The quantitative estimate of drug-likeness (QED) is 0.781. The fourth-order valence-electron chi connectivity index (χ4n) is 1.27. The van der Waals surface area contributed by atoms with E-state index in [4.69, 9.17) is 0 Å². The Labute approximate surface area is 101 Å². The van der Waals surface area contributed by atoms with Gasteiger partial charge in [0.2, 0.25) is 5.91 Å². The van der Waals surface area contributed by atoms with Crippen LogP contribution in [0, 0.1) is 5.92 Å². The Morgan fingerprint density at radius 1 is 1.12 bits per heavy atom. The van der Waals surface area contributed by atoms with Crippen LogP contribution in [0.5, 0.6) is 0 Å². The van der Waals surface area contributed by atoms with Crippen LogP contribution in [0.4, 0.5) is 0 Å². The van der Waals surface area contributed by atoms with E-state index in [0.29, 0.717) is 17.9 Å². The lowest BCUT2D eigenvalue weighted by atomic mass is 10.1. The van der Waals surface area contributed by atoms with Gasteiger partial charge in [0.25, 0.3) is 5.91 Å². The molecule has 0 bridgehead atoms. The first-order valence-electron chi connectivity index (χ1n) is 5.74. The van der Waals surface area contributed by atoms with Crippen molar-refractivity contribution in [1.29, 1.82) is 0 Å². The van der Waals surface area contributed by atoms with E-state index in [9.17, 15) is 9.59 Å². The summed E-state index contributed by atoms with van der Waals surface area (Å²) in [5.74, 6) is 0.0112. The minimum Gasteiger partial charge on any atom is -0.273 e. The van der Waals surface area contributed by atoms with Gasteiger partial charge in [-0.2, -0.15) is 0 Å². The lowest BCUT2D eigenvalue weighted by molar-refractivity contribution is -0.122. The molecule has 2 N–H and O–H groups in total. The molecule has 0 saturated heterocycles. The van der Waals surface area contributed by atoms with Crippen LogP contribution in [-0.2, 0) is 4.79 Å². The molecule has 0 spiro atoms. The number of benzene rings is 1. The number of amides is 2. The zero-order valence-corrected chi connectivity index (χ0v) is 10.2. The Morgan fingerprint density at radius 3 is 2.35 bits per heavy atom. The van der Waals surface area contributed by atoms with E-state index in [-0.39, 0.29) is 11.8 Å². The van der Waals surface area contributed by atoms with E-state index >= 15 is 0 Å². The first-order chi connectivity index (χ1) is 8.09. The van der Waals surface area contributed by atoms with Crippen LogP contribution in [-0.4, -0.2) is 11.8 Å². The molecule has 0 saturated carbocycles. The third kappa shape index (κ3) is 5.15. The molecule has 1 rings (SSSR count). The molecule has 0 unspecified atom stereocenters. The van der Waals surface area contributed by atoms with Crippen LogP contribution in [0.2, 0.25) is 0 Å². The average molecular weight is 234 g/mol. The highest BCUT2D eigenvalue weighted by atomic mass is 16.2. The SMILES string of the molecule is CC(C)CCC(=O)NNC(=O)c1ccccc1. The third-order valence-corrected chi connectivity index (χ3v) is 2.30. The number of hydrogen-bond donors (Lipinski definition) is 2. The third-order valence-electron chi connectivity index (χ3n) is 2.30. The van der Waals surface area contributed by atoms with Crippen molar-refractivity contribution >= 4 is 11.8 Å². The van der Waals surface area contributed by atoms with Gasteiger partial charge >= 0.3 is 0 Å². The van der Waals surface area contributed by atoms with E-state index in [0.717, 1.165) is 6.42 Å². The van der Waals surface area contributed by atoms with Crippen molar-refractivity contribution in [1.82, 2.24) is 10.9 Å². The maximum absolute atomic E-state index is 11.6. The molecule has 0 aliphatic heterocycles. The monoisotopic (exact) mass is 234 g/mol. The minimum absolute atomic E-state index is 0.164. The van der Waals surface area contributed by atoms with Crippen LogP contribution < -0.4 is 10.9 Å². The molecule has 2 amide bonds. The summed E-state index contributed by atoms with van der Waals surface area (Å²) >= 11 is 0. The van der Waals surface area contributed by atoms with Crippen molar-refractivity contribution < 1.29 is 9.59 Å². The van der Waals surface area contributed by atoms with Gasteiger partial charge in [0.15, 0.2) is 0 Å². The smallest absolute Gasteiger partial charge is 0.269 e. The molecule has 0 fully saturated rings. The fraction of sp³-hybridized carbons (Fsp3) is 0.385. The number of nitrogens with one attached hydrogen (secondary N) is 2. The van der Waals surface area contributed by atoms with Crippen LogP contribution in [0.25, 0.3) is 0 Å². The highest BCUT2D eigenvalue weighted by Gasteiger charge is 2.06. The van der Waals surface area contributed by atoms with Crippen molar-refractivity contribution in [3.63, 3.8) is 0 Å². The first kappa shape index (κ1) is 13.2. The van der Waals surface area contributed by atoms with E-state index in [1.165, 1.54) is 0 Å². The predicted molar refractivity (Wildman–Crippen MR) is 66.1 cm³/mol. The molecule has 1 aromatic rings. The summed E-state index contributed by atoms with van der Waals surface area (Å²) in [4.78, 5) is 22.9. The summed E-state index contributed by atoms with van der Waals surface area (Å²) in [5.41, 5.74) is 5.31. The topological polar surface area (TPSA) is 58.2 Å². The zero-order chi connectivity index (χ0) is 12.7. The van der Waals surface area contributed by atoms with Crippen LogP contribution in [0.1, 0.15) is 37.0 Å². The molecule has 4 nitrogen and oxygen atoms in total. The number of carbonyl (C=O) groups is 2. The van der Waals surface area contributed by atoms with E-state index < -0.39 is 0 Å². The highest BCUT2D eigenvalue weighted by molar-refractivity contribution is 5.95. The summed E-state index contributed by atoms with van der Waals surface area (Å²) < 4.78 is 0. The van der Waals surface area contributed by atoms with Gasteiger partial charge in [-0.1, -0.05) is 32.0 Å². The Morgan fingerprint density at radius 2 is 1.76 bits per heavy atom. The summed E-state index contributed by atoms with van der Waals surface area (Å²) in [7, 11) is 0. The number of rotatable bonds is 4. The molecule has 0 aromatic heterocycles. The predicted octanol–water partition coefficient (Wildman–Crippen LogP) is 1.88. The minimum atomic E-state index is -0.302. The van der Waals surface area contributed by atoms with Gasteiger partial charge in [0.05, 0.1) is 0 Å². The summed E-state index contributed by atoms with van der Waals surface area (Å²) in [6.45, 7) is 4.10. The average Bonchev–Trinajstić information content (AvgIpc) is 2.34. The second kappa shape index (κ2) is 6.68. The van der Waals surface area contributed by atoms with Gasteiger partial charge in [-0.15, -0.1) is 0 Å². The Kier molecular flexibility index (Phi) is 5.20. The molecule has 0 heterocycles. The molecule has 0 radical (unpaired) electrons. The Bertz CT molecular complexity index is 374. The lowest BCUT2D eigenvalue weighted by Gasteiger charge is -2.08. The van der Waals surface area contributed by atoms with Crippen LogP contribution in [0.3, 0.4) is 0 Å². The Hall–Kier alpha value is -1.84. The second-order valence-electron chi connectivity index (χ2n) is 4.30. The van der Waals surface area contributed by atoms with Gasteiger partial charge in [-0.3, -0.25) is 20.4 Å². The summed E-state index contributed by atoms with van der Waals surface area (Å²) in [5, 5.41) is 0. The molecular weight excluding hydrogens is 216 g/mol. The largest absolute Gasteiger partial charge is 0.273 e. The van der Waals surface area contributed by atoms with Gasteiger partial charge in [0, 0.05) is 12.0 Å². The number of hydrogen-bond acceptors (Lipinski definition) is 2. The molecule has 92 valence electrons. The number of carbonyl (C=O) groups excluding carboxylic acids is 2. The van der Waals surface area contributed by atoms with Crippen molar-refractivity contribution in [3.8, 4) is 0 Å². The van der Waals surface area contributed by atoms with Crippen molar-refractivity contribution in [3.05, 3.63) is 35.9 Å². The fourth-order valence-corrected chi connectivity index (χ4v) is 1.27. The molecule has 17 heavy (non-hydrogen) atoms. The van der Waals surface area contributed by atoms with E-state index in [1.807, 2.05) is 6.07 Å². The normalized spacial score (nSPS) is 10.1. The maximum Gasteiger partial charge on any atom is 0.269 e. The zero-order valence-electron chi connectivity index (χ0n) is 10.2. The van der Waals surface area contributed by atoms with Gasteiger partial charge < -0.3 is 0 Å². The first-order valence-corrected chi connectivity index (χ1v) is 5.74. The number of hydrazine groups is 1. The molecule has 1 aromatic carbocycles. The molecule has 4 heteroatoms. The molecule has 0 aliphatic carbocycles. The summed E-state index contributed by atoms with van der Waals surface area (Å²) in [6.07, 6.45) is 1.24. The maximum atomic E-state index is 11.6. The Balaban J connectivity index is 2.31.